The molecule has 0 aliphatic rings. The molecule has 0 saturated carbocycles. The van der Waals surface area contributed by atoms with Crippen LogP contribution in [-0.2, 0) is 11.2 Å². The second-order valence-corrected chi connectivity index (χ2v) is 5.30. The van der Waals surface area contributed by atoms with Gasteiger partial charge in [-0.05, 0) is 24.3 Å². The zero-order valence-corrected chi connectivity index (χ0v) is 14.0. The summed E-state index contributed by atoms with van der Waals surface area (Å²) in [6, 6.07) is 14.7. The number of ether oxygens (including phenoxy) is 2. The first kappa shape index (κ1) is 16.6. The molecule has 128 valence electrons. The van der Waals surface area contributed by atoms with Crippen LogP contribution in [0.5, 0.6) is 11.5 Å². The highest BCUT2D eigenvalue weighted by atomic mass is 16.5. The summed E-state index contributed by atoms with van der Waals surface area (Å²) in [5.41, 5.74) is 2.06. The van der Waals surface area contributed by atoms with Gasteiger partial charge in [0.1, 0.15) is 6.26 Å². The number of benzene rings is 2. The molecule has 3 rings (SSSR count). The summed E-state index contributed by atoms with van der Waals surface area (Å²) >= 11 is 0. The predicted octanol–water partition coefficient (Wildman–Crippen LogP) is 3.54. The van der Waals surface area contributed by atoms with E-state index in [0.29, 0.717) is 28.8 Å². The molecule has 0 spiro atoms. The molecule has 0 unspecified atom stereocenters. The Bertz CT molecular complexity index is 859. The molecule has 0 fully saturated rings. The first-order chi connectivity index (χ1) is 12.2. The average Bonchev–Trinajstić information content (AvgIpc) is 3.10. The summed E-state index contributed by atoms with van der Waals surface area (Å²) < 4.78 is 15.8. The second-order valence-electron chi connectivity index (χ2n) is 5.30. The Kier molecular flexibility index (Phi) is 4.99. The molecule has 25 heavy (non-hydrogen) atoms. The normalized spacial score (nSPS) is 10.3. The minimum absolute atomic E-state index is 0.116. The summed E-state index contributed by atoms with van der Waals surface area (Å²) in [4.78, 5) is 16.6. The van der Waals surface area contributed by atoms with Crippen LogP contribution in [0.2, 0.25) is 0 Å². The lowest BCUT2D eigenvalue weighted by molar-refractivity contribution is -0.115. The maximum atomic E-state index is 12.2. The maximum absolute atomic E-state index is 12.2. The van der Waals surface area contributed by atoms with Gasteiger partial charge in [-0.1, -0.05) is 18.2 Å². The third-order valence-electron chi connectivity index (χ3n) is 3.58. The van der Waals surface area contributed by atoms with Gasteiger partial charge in [0.25, 0.3) is 0 Å². The van der Waals surface area contributed by atoms with Gasteiger partial charge < -0.3 is 19.2 Å². The smallest absolute Gasteiger partial charge is 0.230 e. The van der Waals surface area contributed by atoms with Crippen molar-refractivity contribution in [3.05, 3.63) is 60.5 Å². The summed E-state index contributed by atoms with van der Waals surface area (Å²) in [6.45, 7) is 0. The first-order valence-corrected chi connectivity index (χ1v) is 7.71. The number of rotatable bonds is 6. The van der Waals surface area contributed by atoms with Gasteiger partial charge in [-0.2, -0.15) is 0 Å². The Morgan fingerprint density at radius 2 is 1.84 bits per heavy atom. The molecular weight excluding hydrogens is 320 g/mol. The van der Waals surface area contributed by atoms with Crippen LogP contribution in [0, 0.1) is 0 Å². The molecule has 1 N–H and O–H groups in total. The maximum Gasteiger partial charge on any atom is 0.230 e. The quantitative estimate of drug-likeness (QED) is 0.744. The molecule has 2 aromatic carbocycles. The summed E-state index contributed by atoms with van der Waals surface area (Å²) in [5, 5.41) is 2.81. The SMILES string of the molecule is COc1ccc(NC(=O)Cc2coc(-c3ccccc3)n2)cc1OC. The van der Waals surface area contributed by atoms with Gasteiger partial charge in [0, 0.05) is 17.3 Å². The number of amides is 1. The second kappa shape index (κ2) is 7.53. The van der Waals surface area contributed by atoms with E-state index in [9.17, 15) is 4.79 Å². The minimum Gasteiger partial charge on any atom is -0.493 e. The van der Waals surface area contributed by atoms with E-state index in [1.807, 2.05) is 30.3 Å². The van der Waals surface area contributed by atoms with E-state index >= 15 is 0 Å². The number of carbonyl (C=O) groups is 1. The van der Waals surface area contributed by atoms with Crippen LogP contribution in [-0.4, -0.2) is 25.1 Å². The lowest BCUT2D eigenvalue weighted by Crippen LogP contribution is -2.14. The van der Waals surface area contributed by atoms with E-state index in [0.717, 1.165) is 5.56 Å². The molecule has 1 heterocycles. The average molecular weight is 338 g/mol. The van der Waals surface area contributed by atoms with Crippen molar-refractivity contribution in [3.63, 3.8) is 0 Å². The number of hydrogen-bond donors (Lipinski definition) is 1. The number of aromatic nitrogens is 1. The molecule has 0 bridgehead atoms. The van der Waals surface area contributed by atoms with E-state index in [-0.39, 0.29) is 12.3 Å². The van der Waals surface area contributed by atoms with Gasteiger partial charge in [-0.3, -0.25) is 4.79 Å². The van der Waals surface area contributed by atoms with Crippen molar-refractivity contribution in [2.75, 3.05) is 19.5 Å². The minimum atomic E-state index is -0.194. The molecule has 1 amide bonds. The molecule has 0 radical (unpaired) electrons. The van der Waals surface area contributed by atoms with Gasteiger partial charge in [0.15, 0.2) is 11.5 Å². The van der Waals surface area contributed by atoms with Crippen molar-refractivity contribution in [3.8, 4) is 23.0 Å². The van der Waals surface area contributed by atoms with Crippen molar-refractivity contribution < 1.29 is 18.7 Å². The van der Waals surface area contributed by atoms with Crippen LogP contribution in [0.1, 0.15) is 5.69 Å². The number of nitrogens with one attached hydrogen (secondary N) is 1. The van der Waals surface area contributed by atoms with Crippen LogP contribution < -0.4 is 14.8 Å². The lowest BCUT2D eigenvalue weighted by atomic mass is 10.2. The van der Waals surface area contributed by atoms with Crippen LogP contribution in [0.3, 0.4) is 0 Å². The molecule has 1 aromatic heterocycles. The number of carbonyl (C=O) groups excluding carboxylic acids is 1. The number of oxazole rings is 1. The third kappa shape index (κ3) is 3.98. The Morgan fingerprint density at radius 3 is 2.56 bits per heavy atom. The summed E-state index contributed by atoms with van der Waals surface area (Å²) in [6.07, 6.45) is 1.61. The molecule has 3 aromatic rings. The molecule has 6 heteroatoms. The zero-order chi connectivity index (χ0) is 17.6. The number of hydrogen-bond acceptors (Lipinski definition) is 5. The van der Waals surface area contributed by atoms with E-state index in [4.69, 9.17) is 13.9 Å². The fraction of sp³-hybridized carbons (Fsp3) is 0.158. The first-order valence-electron chi connectivity index (χ1n) is 7.71. The van der Waals surface area contributed by atoms with Crippen molar-refractivity contribution >= 4 is 11.6 Å². The zero-order valence-electron chi connectivity index (χ0n) is 14.0. The highest BCUT2D eigenvalue weighted by molar-refractivity contribution is 5.92. The van der Waals surface area contributed by atoms with E-state index in [1.54, 1.807) is 32.4 Å². The van der Waals surface area contributed by atoms with Gasteiger partial charge in [-0.25, -0.2) is 4.98 Å². The Morgan fingerprint density at radius 1 is 1.08 bits per heavy atom. The van der Waals surface area contributed by atoms with Crippen LogP contribution in [0.4, 0.5) is 5.69 Å². The highest BCUT2D eigenvalue weighted by Crippen LogP contribution is 2.29. The third-order valence-corrected chi connectivity index (χ3v) is 3.58. The Hall–Kier alpha value is -3.28. The van der Waals surface area contributed by atoms with Crippen molar-refractivity contribution in [2.45, 2.75) is 6.42 Å². The molecule has 0 aliphatic carbocycles. The van der Waals surface area contributed by atoms with Crippen molar-refractivity contribution in [1.29, 1.82) is 0 Å². The van der Waals surface area contributed by atoms with Gasteiger partial charge in [-0.15, -0.1) is 0 Å². The fourth-order valence-corrected chi connectivity index (χ4v) is 2.39. The van der Waals surface area contributed by atoms with Gasteiger partial charge >= 0.3 is 0 Å². The fourth-order valence-electron chi connectivity index (χ4n) is 2.39. The van der Waals surface area contributed by atoms with Crippen LogP contribution >= 0.6 is 0 Å². The number of nitrogens with zero attached hydrogens (tertiary/aromatic N) is 1. The standard InChI is InChI=1S/C19H18N2O4/c1-23-16-9-8-14(10-17(16)24-2)20-18(22)11-15-12-25-19(21-15)13-6-4-3-5-7-13/h3-10,12H,11H2,1-2H3,(H,20,22). The largest absolute Gasteiger partial charge is 0.493 e. The summed E-state index contributed by atoms with van der Waals surface area (Å²) in [7, 11) is 3.11. The highest BCUT2D eigenvalue weighted by Gasteiger charge is 2.12. The van der Waals surface area contributed by atoms with Crippen molar-refractivity contribution in [2.24, 2.45) is 0 Å². The monoisotopic (exact) mass is 338 g/mol. The molecule has 6 nitrogen and oxygen atoms in total. The number of methoxy groups -OCH3 is 2. The number of anilines is 1. The Labute approximate surface area is 145 Å². The molecule has 0 atom stereocenters. The Balaban J connectivity index is 1.66. The van der Waals surface area contributed by atoms with Crippen molar-refractivity contribution in [1.82, 2.24) is 4.98 Å². The van der Waals surface area contributed by atoms with E-state index < -0.39 is 0 Å². The topological polar surface area (TPSA) is 73.6 Å². The van der Waals surface area contributed by atoms with Gasteiger partial charge in [0.2, 0.25) is 11.8 Å². The van der Waals surface area contributed by atoms with Crippen LogP contribution in [0.25, 0.3) is 11.5 Å². The summed E-state index contributed by atoms with van der Waals surface area (Å²) in [5.74, 6) is 1.45. The van der Waals surface area contributed by atoms with Crippen LogP contribution in [0.15, 0.2) is 59.2 Å². The molecule has 0 saturated heterocycles. The van der Waals surface area contributed by atoms with E-state index in [1.165, 1.54) is 6.26 Å². The molecular formula is C19H18N2O4. The predicted molar refractivity (Wildman–Crippen MR) is 93.8 cm³/mol. The molecule has 0 aliphatic heterocycles. The van der Waals surface area contributed by atoms with E-state index in [2.05, 4.69) is 10.3 Å². The lowest BCUT2D eigenvalue weighted by Gasteiger charge is -2.10. The van der Waals surface area contributed by atoms with Gasteiger partial charge in [0.05, 0.1) is 26.3 Å².